The van der Waals surface area contributed by atoms with E-state index in [1.165, 1.54) is 12.1 Å². The smallest absolute Gasteiger partial charge is 0.228 e. The largest absolute Gasteiger partial charge is 0.507 e. The molecule has 0 bridgehead atoms. The molecule has 4 heteroatoms. The van der Waals surface area contributed by atoms with Crippen molar-refractivity contribution in [3.63, 3.8) is 0 Å². The molecule has 0 fully saturated rings. The number of fused-ring (bicyclic) bond motifs is 1. The van der Waals surface area contributed by atoms with Crippen LogP contribution in [0.25, 0.3) is 10.8 Å². The number of amides is 1. The number of hydrogen-bond acceptors (Lipinski definition) is 2. The Balaban J connectivity index is 1.82. The topological polar surface area (TPSA) is 49.3 Å². The predicted octanol–water partition coefficient (Wildman–Crippen LogP) is 3.87. The van der Waals surface area contributed by atoms with Crippen molar-refractivity contribution < 1.29 is 14.3 Å². The first-order chi connectivity index (χ1) is 10.6. The molecule has 0 spiro atoms. The van der Waals surface area contributed by atoms with E-state index in [1.807, 2.05) is 6.07 Å². The lowest BCUT2D eigenvalue weighted by Gasteiger charge is -2.09. The summed E-state index contributed by atoms with van der Waals surface area (Å²) in [6.07, 6.45) is 0.162. The van der Waals surface area contributed by atoms with Gasteiger partial charge in [-0.05, 0) is 29.8 Å². The fourth-order valence-electron chi connectivity index (χ4n) is 2.38. The summed E-state index contributed by atoms with van der Waals surface area (Å²) >= 11 is 0. The molecule has 0 heterocycles. The van der Waals surface area contributed by atoms with Gasteiger partial charge >= 0.3 is 0 Å². The Morgan fingerprint density at radius 2 is 1.64 bits per heavy atom. The molecule has 3 aromatic carbocycles. The maximum Gasteiger partial charge on any atom is 0.228 e. The van der Waals surface area contributed by atoms with Crippen LogP contribution in [-0.4, -0.2) is 11.0 Å². The van der Waals surface area contributed by atoms with Crippen molar-refractivity contribution in [1.82, 2.24) is 0 Å². The Bertz CT molecular complexity index is 828. The number of carbonyl (C=O) groups is 1. The summed E-state index contributed by atoms with van der Waals surface area (Å²) in [5.41, 5.74) is 1.38. The van der Waals surface area contributed by atoms with Gasteiger partial charge in [0.15, 0.2) is 0 Å². The molecule has 0 unspecified atom stereocenters. The Morgan fingerprint density at radius 1 is 0.955 bits per heavy atom. The van der Waals surface area contributed by atoms with Crippen LogP contribution >= 0.6 is 0 Å². The van der Waals surface area contributed by atoms with Crippen LogP contribution in [0.3, 0.4) is 0 Å². The molecule has 22 heavy (non-hydrogen) atoms. The highest BCUT2D eigenvalue weighted by atomic mass is 19.1. The van der Waals surface area contributed by atoms with Crippen molar-refractivity contribution in [3.8, 4) is 5.75 Å². The van der Waals surface area contributed by atoms with E-state index < -0.39 is 0 Å². The normalized spacial score (nSPS) is 10.6. The zero-order chi connectivity index (χ0) is 15.5. The minimum Gasteiger partial charge on any atom is -0.507 e. The molecule has 0 atom stereocenters. The van der Waals surface area contributed by atoms with Crippen LogP contribution in [0.5, 0.6) is 5.75 Å². The van der Waals surface area contributed by atoms with Gasteiger partial charge in [0.25, 0.3) is 0 Å². The maximum absolute atomic E-state index is 12.9. The lowest BCUT2D eigenvalue weighted by molar-refractivity contribution is -0.115. The van der Waals surface area contributed by atoms with Crippen molar-refractivity contribution in [2.75, 3.05) is 5.32 Å². The van der Waals surface area contributed by atoms with Gasteiger partial charge in [-0.2, -0.15) is 0 Å². The zero-order valence-corrected chi connectivity index (χ0v) is 11.7. The third kappa shape index (κ3) is 2.91. The molecule has 3 nitrogen and oxygen atoms in total. The number of phenols is 1. The molecule has 0 aliphatic rings. The van der Waals surface area contributed by atoms with Gasteiger partial charge < -0.3 is 10.4 Å². The highest BCUT2D eigenvalue weighted by Crippen LogP contribution is 2.29. The highest BCUT2D eigenvalue weighted by Gasteiger charge is 2.08. The second-order valence-electron chi connectivity index (χ2n) is 5.03. The molecule has 3 rings (SSSR count). The van der Waals surface area contributed by atoms with E-state index in [4.69, 9.17) is 0 Å². The number of anilines is 1. The molecule has 2 N–H and O–H groups in total. The molecule has 0 saturated heterocycles. The lowest BCUT2D eigenvalue weighted by Crippen LogP contribution is -2.14. The summed E-state index contributed by atoms with van der Waals surface area (Å²) in [4.78, 5) is 12.1. The standard InChI is InChI=1S/C18H14FNO2/c19-13-9-7-12(8-10-13)11-18(22)20-16-5-1-4-15-14(16)3-2-6-17(15)21/h1-10,21H,11H2,(H,20,22). The number of halogens is 1. The molecule has 3 aromatic rings. The number of hydrogen-bond donors (Lipinski definition) is 2. The van der Waals surface area contributed by atoms with Gasteiger partial charge in [0.2, 0.25) is 5.91 Å². The van der Waals surface area contributed by atoms with Gasteiger partial charge in [0, 0.05) is 16.5 Å². The van der Waals surface area contributed by atoms with E-state index in [0.717, 1.165) is 10.9 Å². The van der Waals surface area contributed by atoms with E-state index in [9.17, 15) is 14.3 Å². The van der Waals surface area contributed by atoms with Crippen LogP contribution in [0.2, 0.25) is 0 Å². The van der Waals surface area contributed by atoms with Crippen LogP contribution < -0.4 is 5.32 Å². The third-order valence-corrected chi connectivity index (χ3v) is 3.45. The number of phenolic OH excluding ortho intramolecular Hbond substituents is 1. The van der Waals surface area contributed by atoms with Crippen molar-refractivity contribution in [3.05, 3.63) is 72.0 Å². The molecule has 0 saturated carbocycles. The van der Waals surface area contributed by atoms with Gasteiger partial charge in [0.05, 0.1) is 6.42 Å². The molecule has 1 amide bonds. The van der Waals surface area contributed by atoms with Crippen LogP contribution in [-0.2, 0) is 11.2 Å². The molecule has 0 radical (unpaired) electrons. The molecule has 0 aromatic heterocycles. The third-order valence-electron chi connectivity index (χ3n) is 3.45. The van der Waals surface area contributed by atoms with Crippen molar-refractivity contribution in [2.24, 2.45) is 0 Å². The molecule has 0 aliphatic heterocycles. The van der Waals surface area contributed by atoms with E-state index in [0.29, 0.717) is 11.1 Å². The Kier molecular flexibility index (Phi) is 3.74. The van der Waals surface area contributed by atoms with Crippen LogP contribution in [0.1, 0.15) is 5.56 Å². The molecular formula is C18H14FNO2. The molecule has 0 aliphatic carbocycles. The summed E-state index contributed by atoms with van der Waals surface area (Å²) in [5, 5.41) is 14.1. The van der Waals surface area contributed by atoms with Crippen LogP contribution in [0, 0.1) is 5.82 Å². The minimum atomic E-state index is -0.325. The van der Waals surface area contributed by atoms with Gasteiger partial charge in [-0.15, -0.1) is 0 Å². The van der Waals surface area contributed by atoms with Crippen LogP contribution in [0.15, 0.2) is 60.7 Å². The van der Waals surface area contributed by atoms with E-state index >= 15 is 0 Å². The van der Waals surface area contributed by atoms with E-state index in [-0.39, 0.29) is 23.9 Å². The quantitative estimate of drug-likeness (QED) is 0.770. The van der Waals surface area contributed by atoms with E-state index in [2.05, 4.69) is 5.32 Å². The zero-order valence-electron chi connectivity index (χ0n) is 11.7. The average molecular weight is 295 g/mol. The summed E-state index contributed by atoms with van der Waals surface area (Å²) < 4.78 is 12.9. The summed E-state index contributed by atoms with van der Waals surface area (Å²) in [7, 11) is 0. The van der Waals surface area contributed by atoms with Crippen molar-refractivity contribution in [1.29, 1.82) is 0 Å². The monoisotopic (exact) mass is 295 g/mol. The number of rotatable bonds is 3. The second kappa shape index (κ2) is 5.85. The minimum absolute atomic E-state index is 0.162. The Morgan fingerprint density at radius 3 is 2.41 bits per heavy atom. The molecular weight excluding hydrogens is 281 g/mol. The first-order valence-electron chi connectivity index (χ1n) is 6.88. The summed E-state index contributed by atoms with van der Waals surface area (Å²) in [6.45, 7) is 0. The average Bonchev–Trinajstić information content (AvgIpc) is 2.51. The van der Waals surface area contributed by atoms with E-state index in [1.54, 1.807) is 42.5 Å². The Hall–Kier alpha value is -2.88. The van der Waals surface area contributed by atoms with Crippen molar-refractivity contribution >= 4 is 22.4 Å². The highest BCUT2D eigenvalue weighted by molar-refractivity contribution is 6.04. The van der Waals surface area contributed by atoms with Gasteiger partial charge in [-0.1, -0.05) is 36.4 Å². The van der Waals surface area contributed by atoms with Gasteiger partial charge in [-0.3, -0.25) is 4.79 Å². The number of benzene rings is 3. The summed E-state index contributed by atoms with van der Waals surface area (Å²) in [6, 6.07) is 16.4. The number of nitrogens with one attached hydrogen (secondary N) is 1. The Labute approximate surface area is 127 Å². The first kappa shape index (κ1) is 14.1. The SMILES string of the molecule is O=C(Cc1ccc(F)cc1)Nc1cccc2c(O)cccc12. The predicted molar refractivity (Wildman–Crippen MR) is 84.3 cm³/mol. The maximum atomic E-state index is 12.9. The van der Waals surface area contributed by atoms with Gasteiger partial charge in [0.1, 0.15) is 11.6 Å². The summed E-state index contributed by atoms with van der Waals surface area (Å²) in [5.74, 6) is -0.344. The van der Waals surface area contributed by atoms with Crippen LogP contribution in [0.4, 0.5) is 10.1 Å². The lowest BCUT2D eigenvalue weighted by atomic mass is 10.1. The fourth-order valence-corrected chi connectivity index (χ4v) is 2.38. The first-order valence-corrected chi connectivity index (χ1v) is 6.88. The number of carbonyl (C=O) groups excluding carboxylic acids is 1. The fraction of sp³-hybridized carbons (Fsp3) is 0.0556. The molecule has 110 valence electrons. The second-order valence-corrected chi connectivity index (χ2v) is 5.03. The van der Waals surface area contributed by atoms with Gasteiger partial charge in [-0.25, -0.2) is 4.39 Å². The van der Waals surface area contributed by atoms with Crippen molar-refractivity contribution in [2.45, 2.75) is 6.42 Å². The number of aromatic hydroxyl groups is 1.